The summed E-state index contributed by atoms with van der Waals surface area (Å²) in [5, 5.41) is 6.42. The van der Waals surface area contributed by atoms with E-state index < -0.39 is 0 Å². The van der Waals surface area contributed by atoms with Crippen LogP contribution in [0.5, 0.6) is 0 Å². The molecule has 2 rings (SSSR count). The van der Waals surface area contributed by atoms with Crippen LogP contribution in [0.3, 0.4) is 0 Å². The highest BCUT2D eigenvalue weighted by molar-refractivity contribution is 8.00. The van der Waals surface area contributed by atoms with Gasteiger partial charge in [-0.25, -0.2) is 0 Å². The predicted molar refractivity (Wildman–Crippen MR) is 61.9 cm³/mol. The number of carbonyl (C=O) groups is 1. The summed E-state index contributed by atoms with van der Waals surface area (Å²) in [6.45, 7) is 1.84. The van der Waals surface area contributed by atoms with Crippen molar-refractivity contribution in [2.24, 2.45) is 5.73 Å². The second kappa shape index (κ2) is 4.38. The van der Waals surface area contributed by atoms with Crippen LogP contribution >= 0.6 is 11.8 Å². The van der Waals surface area contributed by atoms with Crippen molar-refractivity contribution in [3.8, 4) is 0 Å². The van der Waals surface area contributed by atoms with Crippen LogP contribution in [-0.2, 0) is 4.79 Å². The average molecular weight is 225 g/mol. The van der Waals surface area contributed by atoms with Gasteiger partial charge in [-0.1, -0.05) is 13.0 Å². The normalized spacial score (nSPS) is 33.5. The van der Waals surface area contributed by atoms with E-state index in [-0.39, 0.29) is 11.4 Å². The van der Waals surface area contributed by atoms with Crippen molar-refractivity contribution in [3.63, 3.8) is 0 Å². The van der Waals surface area contributed by atoms with Crippen LogP contribution in [0.15, 0.2) is 23.9 Å². The lowest BCUT2D eigenvalue weighted by Gasteiger charge is -2.17. The van der Waals surface area contributed by atoms with Crippen LogP contribution in [0.2, 0.25) is 0 Å². The monoisotopic (exact) mass is 225 g/mol. The molecule has 4 nitrogen and oxygen atoms in total. The quantitative estimate of drug-likeness (QED) is 0.631. The second-order valence-corrected chi connectivity index (χ2v) is 4.92. The zero-order valence-corrected chi connectivity index (χ0v) is 9.38. The minimum absolute atomic E-state index is 0.0119. The van der Waals surface area contributed by atoms with Gasteiger partial charge in [0, 0.05) is 23.4 Å². The Kier molecular flexibility index (Phi) is 3.14. The Morgan fingerprint density at radius 2 is 2.53 bits per heavy atom. The molecule has 1 aliphatic heterocycles. The number of hydrogen-bond acceptors (Lipinski definition) is 4. The third kappa shape index (κ3) is 2.42. The Bertz CT molecular complexity index is 327. The molecule has 0 aromatic carbocycles. The lowest BCUT2D eigenvalue weighted by molar-refractivity contribution is -0.120. The molecule has 0 radical (unpaired) electrons. The number of amides is 1. The Morgan fingerprint density at radius 1 is 1.73 bits per heavy atom. The molecule has 0 spiro atoms. The summed E-state index contributed by atoms with van der Waals surface area (Å²) in [4.78, 5) is 11.2. The highest BCUT2D eigenvalue weighted by Crippen LogP contribution is 2.29. The van der Waals surface area contributed by atoms with E-state index in [1.54, 1.807) is 11.8 Å². The van der Waals surface area contributed by atoms with Gasteiger partial charge in [-0.15, -0.1) is 11.8 Å². The Labute approximate surface area is 93.4 Å². The Balaban J connectivity index is 2.01. The molecule has 1 saturated heterocycles. The summed E-state index contributed by atoms with van der Waals surface area (Å²) in [6.07, 6.45) is 6.54. The molecular formula is C10H15N3OS. The number of nitrogens with two attached hydrogens (primary N) is 1. The SMILES string of the molecule is CCC(=O)NC1=CC2SC(N)NC2C=C1. The molecule has 3 atom stereocenters. The smallest absolute Gasteiger partial charge is 0.224 e. The van der Waals surface area contributed by atoms with E-state index in [0.717, 1.165) is 5.70 Å². The Morgan fingerprint density at radius 3 is 3.27 bits per heavy atom. The van der Waals surface area contributed by atoms with Crippen molar-refractivity contribution in [3.05, 3.63) is 23.9 Å². The third-order valence-corrected chi connectivity index (χ3v) is 3.62. The van der Waals surface area contributed by atoms with Gasteiger partial charge in [-0.05, 0) is 12.2 Å². The lowest BCUT2D eigenvalue weighted by Crippen LogP contribution is -2.36. The maximum absolute atomic E-state index is 11.2. The number of thioether (sulfide) groups is 1. The number of nitrogens with one attached hydrogen (secondary N) is 2. The summed E-state index contributed by atoms with van der Waals surface area (Å²) >= 11 is 1.68. The molecule has 1 aliphatic carbocycles. The molecule has 0 saturated carbocycles. The highest BCUT2D eigenvalue weighted by atomic mass is 32.2. The predicted octanol–water partition coefficient (Wildman–Crippen LogP) is 0.282. The summed E-state index contributed by atoms with van der Waals surface area (Å²) in [5.74, 6) is 0.0459. The fourth-order valence-electron chi connectivity index (χ4n) is 1.66. The maximum Gasteiger partial charge on any atom is 0.224 e. The summed E-state index contributed by atoms with van der Waals surface area (Å²) in [7, 11) is 0. The van der Waals surface area contributed by atoms with E-state index in [1.165, 1.54) is 0 Å². The van der Waals surface area contributed by atoms with Crippen LogP contribution in [0.4, 0.5) is 0 Å². The van der Waals surface area contributed by atoms with Crippen LogP contribution in [0.1, 0.15) is 13.3 Å². The zero-order chi connectivity index (χ0) is 10.8. The molecule has 1 amide bonds. The van der Waals surface area contributed by atoms with Crippen molar-refractivity contribution in [1.29, 1.82) is 0 Å². The van der Waals surface area contributed by atoms with Gasteiger partial charge in [0.25, 0.3) is 0 Å². The van der Waals surface area contributed by atoms with Crippen molar-refractivity contribution in [1.82, 2.24) is 10.6 Å². The molecule has 0 bridgehead atoms. The number of carbonyl (C=O) groups excluding carboxylic acids is 1. The van der Waals surface area contributed by atoms with Gasteiger partial charge in [0.2, 0.25) is 5.91 Å². The molecule has 0 aromatic heterocycles. The van der Waals surface area contributed by atoms with E-state index >= 15 is 0 Å². The maximum atomic E-state index is 11.2. The van der Waals surface area contributed by atoms with Crippen LogP contribution in [0, 0.1) is 0 Å². The van der Waals surface area contributed by atoms with Crippen LogP contribution in [-0.4, -0.2) is 22.7 Å². The third-order valence-electron chi connectivity index (χ3n) is 2.45. The number of hydrogen-bond donors (Lipinski definition) is 3. The number of rotatable bonds is 2. The van der Waals surface area contributed by atoms with Crippen LogP contribution < -0.4 is 16.4 Å². The molecule has 82 valence electrons. The van der Waals surface area contributed by atoms with Gasteiger partial charge in [0.05, 0.1) is 0 Å². The molecule has 0 aromatic rings. The van der Waals surface area contributed by atoms with Crippen molar-refractivity contribution >= 4 is 17.7 Å². The Hall–Kier alpha value is -0.780. The summed E-state index contributed by atoms with van der Waals surface area (Å²) in [5.41, 5.74) is 6.64. The fourth-order valence-corrected chi connectivity index (χ4v) is 2.80. The first-order valence-electron chi connectivity index (χ1n) is 5.06. The molecule has 1 fully saturated rings. The number of fused-ring (bicyclic) bond motifs is 1. The van der Waals surface area contributed by atoms with Gasteiger partial charge in [-0.3, -0.25) is 10.1 Å². The van der Waals surface area contributed by atoms with Crippen molar-refractivity contribution < 1.29 is 4.79 Å². The summed E-state index contributed by atoms with van der Waals surface area (Å²) < 4.78 is 0. The van der Waals surface area contributed by atoms with Gasteiger partial charge < -0.3 is 11.1 Å². The van der Waals surface area contributed by atoms with Gasteiger partial charge >= 0.3 is 0 Å². The first-order chi connectivity index (χ1) is 7.19. The van der Waals surface area contributed by atoms with E-state index in [1.807, 2.05) is 13.0 Å². The minimum Gasteiger partial charge on any atom is -0.326 e. The molecule has 15 heavy (non-hydrogen) atoms. The fraction of sp³-hybridized carbons (Fsp3) is 0.500. The van der Waals surface area contributed by atoms with E-state index in [0.29, 0.717) is 17.7 Å². The van der Waals surface area contributed by atoms with Crippen molar-refractivity contribution in [2.45, 2.75) is 30.1 Å². The van der Waals surface area contributed by atoms with E-state index in [9.17, 15) is 4.79 Å². The molecule has 2 aliphatic rings. The van der Waals surface area contributed by atoms with E-state index in [2.05, 4.69) is 22.8 Å². The highest BCUT2D eigenvalue weighted by Gasteiger charge is 2.31. The molecule has 1 heterocycles. The average Bonchev–Trinajstić information content (AvgIpc) is 2.57. The van der Waals surface area contributed by atoms with Gasteiger partial charge in [-0.2, -0.15) is 0 Å². The van der Waals surface area contributed by atoms with Gasteiger partial charge in [0.1, 0.15) is 5.50 Å². The first-order valence-corrected chi connectivity index (χ1v) is 6.00. The van der Waals surface area contributed by atoms with Crippen LogP contribution in [0.25, 0.3) is 0 Å². The largest absolute Gasteiger partial charge is 0.326 e. The topological polar surface area (TPSA) is 67.2 Å². The van der Waals surface area contributed by atoms with Gasteiger partial charge in [0.15, 0.2) is 0 Å². The molecule has 5 heteroatoms. The van der Waals surface area contributed by atoms with E-state index in [4.69, 9.17) is 5.73 Å². The zero-order valence-electron chi connectivity index (χ0n) is 8.57. The molecule has 3 unspecified atom stereocenters. The standard InChI is InChI=1S/C10H15N3OS/c1-2-9(14)12-6-3-4-7-8(5-6)15-10(11)13-7/h3-5,7-8,10,13H,2,11H2,1H3,(H,12,14). The molecule has 4 N–H and O–H groups in total. The van der Waals surface area contributed by atoms with Crippen molar-refractivity contribution in [2.75, 3.05) is 0 Å². The second-order valence-electron chi connectivity index (χ2n) is 3.60. The number of allylic oxidation sites excluding steroid dienone is 1. The summed E-state index contributed by atoms with van der Waals surface area (Å²) in [6, 6.07) is 0.298. The first kappa shape index (κ1) is 10.7. The molecular weight excluding hydrogens is 210 g/mol. The lowest BCUT2D eigenvalue weighted by atomic mass is 10.1. The minimum atomic E-state index is -0.0119.